The lowest BCUT2D eigenvalue weighted by atomic mass is 9.74. The Morgan fingerprint density at radius 3 is 2.89 bits per heavy atom. The van der Waals surface area contributed by atoms with Gasteiger partial charge in [-0.3, -0.25) is 9.79 Å². The third-order valence-electron chi connectivity index (χ3n) is 4.30. The minimum Gasteiger partial charge on any atom is -0.294 e. The van der Waals surface area contributed by atoms with Crippen molar-refractivity contribution in [1.29, 1.82) is 0 Å². The first-order chi connectivity index (χ1) is 8.84. The molecule has 94 valence electrons. The number of carbonyl (C=O) groups is 1. The Labute approximate surface area is 108 Å². The summed E-state index contributed by atoms with van der Waals surface area (Å²) in [6, 6.07) is 9.69. The first-order valence-corrected chi connectivity index (χ1v) is 6.96. The molecule has 0 saturated heterocycles. The lowest BCUT2D eigenvalue weighted by Crippen LogP contribution is -2.27. The number of benzene rings is 1. The summed E-state index contributed by atoms with van der Waals surface area (Å²) in [7, 11) is 0. The van der Waals surface area contributed by atoms with Gasteiger partial charge in [0.25, 0.3) is 0 Å². The van der Waals surface area contributed by atoms with Crippen LogP contribution in [-0.4, -0.2) is 18.0 Å². The zero-order valence-electron chi connectivity index (χ0n) is 10.6. The zero-order valence-corrected chi connectivity index (χ0v) is 10.6. The van der Waals surface area contributed by atoms with E-state index in [-0.39, 0.29) is 0 Å². The molecule has 0 radical (unpaired) electrons. The van der Waals surface area contributed by atoms with Gasteiger partial charge in [-0.15, -0.1) is 0 Å². The van der Waals surface area contributed by atoms with Gasteiger partial charge in [0.1, 0.15) is 0 Å². The summed E-state index contributed by atoms with van der Waals surface area (Å²) in [4.78, 5) is 16.9. The summed E-state index contributed by atoms with van der Waals surface area (Å²) in [6.07, 6.45) is 5.45. The van der Waals surface area contributed by atoms with Crippen molar-refractivity contribution in [2.24, 2.45) is 16.8 Å². The molecular formula is C16H19NO. The topological polar surface area (TPSA) is 29.4 Å². The highest BCUT2D eigenvalue weighted by Crippen LogP contribution is 2.36. The van der Waals surface area contributed by atoms with E-state index < -0.39 is 0 Å². The number of nitrogens with zero attached hydrogens (tertiary/aromatic N) is 1. The van der Waals surface area contributed by atoms with Crippen molar-refractivity contribution >= 4 is 11.5 Å². The quantitative estimate of drug-likeness (QED) is 0.744. The van der Waals surface area contributed by atoms with Crippen molar-refractivity contribution in [3.63, 3.8) is 0 Å². The summed E-state index contributed by atoms with van der Waals surface area (Å²) in [5.41, 5.74) is 2.26. The molecule has 2 heteroatoms. The van der Waals surface area contributed by atoms with Crippen LogP contribution in [0.5, 0.6) is 0 Å². The fourth-order valence-corrected chi connectivity index (χ4v) is 3.37. The first-order valence-electron chi connectivity index (χ1n) is 6.96. The number of ketones is 1. The molecule has 2 atom stereocenters. The van der Waals surface area contributed by atoms with Crippen molar-refractivity contribution < 1.29 is 4.79 Å². The number of rotatable bonds is 3. The SMILES string of the molecule is O=C(C[C@H]1CCCC2=NCC[C@@H]21)c1ccccc1. The molecule has 2 aliphatic rings. The van der Waals surface area contributed by atoms with Gasteiger partial charge >= 0.3 is 0 Å². The van der Waals surface area contributed by atoms with Crippen LogP contribution in [0.1, 0.15) is 42.5 Å². The molecule has 0 N–H and O–H groups in total. The van der Waals surface area contributed by atoms with Crippen LogP contribution in [-0.2, 0) is 0 Å². The number of hydrogen-bond acceptors (Lipinski definition) is 2. The van der Waals surface area contributed by atoms with E-state index in [9.17, 15) is 4.79 Å². The molecule has 1 heterocycles. The summed E-state index contributed by atoms with van der Waals surface area (Å²) in [6.45, 7) is 0.982. The van der Waals surface area contributed by atoms with E-state index in [1.54, 1.807) is 0 Å². The smallest absolute Gasteiger partial charge is 0.163 e. The van der Waals surface area contributed by atoms with Crippen molar-refractivity contribution in [3.8, 4) is 0 Å². The van der Waals surface area contributed by atoms with Gasteiger partial charge in [-0.05, 0) is 31.6 Å². The molecule has 1 aromatic rings. The number of hydrogen-bond donors (Lipinski definition) is 0. The molecule has 1 aromatic carbocycles. The van der Waals surface area contributed by atoms with Crippen LogP contribution in [0.2, 0.25) is 0 Å². The van der Waals surface area contributed by atoms with Crippen molar-refractivity contribution in [2.75, 3.05) is 6.54 Å². The summed E-state index contributed by atoms with van der Waals surface area (Å²) >= 11 is 0. The van der Waals surface area contributed by atoms with E-state index in [2.05, 4.69) is 4.99 Å². The maximum Gasteiger partial charge on any atom is 0.163 e. The molecule has 2 nitrogen and oxygen atoms in total. The molecule has 0 unspecified atom stereocenters. The molecule has 0 bridgehead atoms. The van der Waals surface area contributed by atoms with Gasteiger partial charge < -0.3 is 0 Å². The average Bonchev–Trinajstić information content (AvgIpc) is 2.89. The largest absolute Gasteiger partial charge is 0.294 e. The normalized spacial score (nSPS) is 26.6. The lowest BCUT2D eigenvalue weighted by molar-refractivity contribution is 0.0946. The fraction of sp³-hybridized carbons (Fsp3) is 0.500. The molecule has 0 spiro atoms. The Hall–Kier alpha value is -1.44. The van der Waals surface area contributed by atoms with E-state index in [1.165, 1.54) is 31.4 Å². The molecule has 0 amide bonds. The second kappa shape index (κ2) is 5.05. The fourth-order valence-electron chi connectivity index (χ4n) is 3.37. The average molecular weight is 241 g/mol. The summed E-state index contributed by atoms with van der Waals surface area (Å²) in [5, 5.41) is 0. The molecule has 1 aliphatic carbocycles. The van der Waals surface area contributed by atoms with Crippen LogP contribution in [0.25, 0.3) is 0 Å². The van der Waals surface area contributed by atoms with Crippen LogP contribution in [0.15, 0.2) is 35.3 Å². The van der Waals surface area contributed by atoms with E-state index in [4.69, 9.17) is 0 Å². The van der Waals surface area contributed by atoms with Gasteiger partial charge in [-0.1, -0.05) is 30.3 Å². The maximum absolute atomic E-state index is 12.3. The Bertz CT molecular complexity index is 463. The van der Waals surface area contributed by atoms with E-state index in [0.717, 1.165) is 12.1 Å². The first kappa shape index (κ1) is 11.6. The van der Waals surface area contributed by atoms with Crippen molar-refractivity contribution in [1.82, 2.24) is 0 Å². The van der Waals surface area contributed by atoms with E-state index in [0.29, 0.717) is 24.0 Å². The minimum atomic E-state index is 0.300. The maximum atomic E-state index is 12.3. The Morgan fingerprint density at radius 1 is 1.22 bits per heavy atom. The van der Waals surface area contributed by atoms with Gasteiger partial charge in [-0.2, -0.15) is 0 Å². The molecule has 18 heavy (non-hydrogen) atoms. The van der Waals surface area contributed by atoms with Gasteiger partial charge in [0, 0.05) is 30.2 Å². The molecule has 3 rings (SSSR count). The van der Waals surface area contributed by atoms with Crippen LogP contribution in [0.4, 0.5) is 0 Å². The Morgan fingerprint density at radius 2 is 2.06 bits per heavy atom. The van der Waals surface area contributed by atoms with Gasteiger partial charge in [0.2, 0.25) is 0 Å². The van der Waals surface area contributed by atoms with Crippen LogP contribution in [0, 0.1) is 11.8 Å². The zero-order chi connectivity index (χ0) is 12.4. The standard InChI is InChI=1S/C16H19NO/c18-16(12-5-2-1-3-6-12)11-13-7-4-8-15-14(13)9-10-17-15/h1-3,5-6,13-14H,4,7-11H2/t13-,14-/m1/s1. The number of fused-ring (bicyclic) bond motifs is 1. The lowest BCUT2D eigenvalue weighted by Gasteiger charge is -2.29. The number of Topliss-reactive ketones (excluding diaryl/α,β-unsaturated/α-hetero) is 1. The van der Waals surface area contributed by atoms with Crippen LogP contribution < -0.4 is 0 Å². The number of carbonyl (C=O) groups excluding carboxylic acids is 1. The van der Waals surface area contributed by atoms with Gasteiger partial charge in [0.15, 0.2) is 5.78 Å². The second-order valence-electron chi connectivity index (χ2n) is 5.41. The molecule has 1 fully saturated rings. The third kappa shape index (κ3) is 2.24. The second-order valence-corrected chi connectivity index (χ2v) is 5.41. The minimum absolute atomic E-state index is 0.300. The van der Waals surface area contributed by atoms with Gasteiger partial charge in [-0.25, -0.2) is 0 Å². The third-order valence-corrected chi connectivity index (χ3v) is 4.30. The predicted octanol–water partition coefficient (Wildman–Crippen LogP) is 3.52. The highest BCUT2D eigenvalue weighted by atomic mass is 16.1. The molecule has 1 saturated carbocycles. The highest BCUT2D eigenvalue weighted by Gasteiger charge is 2.33. The van der Waals surface area contributed by atoms with Crippen LogP contribution >= 0.6 is 0 Å². The highest BCUT2D eigenvalue weighted by molar-refractivity contribution is 5.97. The Kier molecular flexibility index (Phi) is 3.26. The number of aliphatic imine (C=N–C) groups is 1. The molecule has 1 aliphatic heterocycles. The molecular weight excluding hydrogens is 222 g/mol. The van der Waals surface area contributed by atoms with Crippen LogP contribution in [0.3, 0.4) is 0 Å². The van der Waals surface area contributed by atoms with E-state index >= 15 is 0 Å². The van der Waals surface area contributed by atoms with E-state index in [1.807, 2.05) is 30.3 Å². The van der Waals surface area contributed by atoms with Crippen molar-refractivity contribution in [3.05, 3.63) is 35.9 Å². The van der Waals surface area contributed by atoms with Crippen molar-refractivity contribution in [2.45, 2.75) is 32.1 Å². The monoisotopic (exact) mass is 241 g/mol. The molecule has 0 aromatic heterocycles. The summed E-state index contributed by atoms with van der Waals surface area (Å²) in [5.74, 6) is 1.44. The summed E-state index contributed by atoms with van der Waals surface area (Å²) < 4.78 is 0. The Balaban J connectivity index is 1.69. The van der Waals surface area contributed by atoms with Gasteiger partial charge in [0.05, 0.1) is 0 Å². The predicted molar refractivity (Wildman–Crippen MR) is 73.1 cm³/mol.